The predicted octanol–water partition coefficient (Wildman–Crippen LogP) is 5.94. The molecule has 21 heavy (non-hydrogen) atoms. The highest BCUT2D eigenvalue weighted by molar-refractivity contribution is 9.10. The van der Waals surface area contributed by atoms with Crippen molar-refractivity contribution < 1.29 is 0 Å². The van der Waals surface area contributed by atoms with Gasteiger partial charge in [0.2, 0.25) is 0 Å². The third kappa shape index (κ3) is 5.56. The second-order valence-electron chi connectivity index (χ2n) is 4.36. The molecule has 2 aromatic heterocycles. The van der Waals surface area contributed by atoms with Crippen molar-refractivity contribution in [2.45, 2.75) is 32.6 Å². The molecule has 0 saturated heterocycles. The van der Waals surface area contributed by atoms with Gasteiger partial charge in [0.1, 0.15) is 5.65 Å². The van der Waals surface area contributed by atoms with Crippen molar-refractivity contribution in [2.24, 2.45) is 0 Å². The number of hydrogen-bond donors (Lipinski definition) is 2. The van der Waals surface area contributed by atoms with Crippen molar-refractivity contribution >= 4 is 39.6 Å². The summed E-state index contributed by atoms with van der Waals surface area (Å²) in [6.07, 6.45) is 3.75. The summed E-state index contributed by atoms with van der Waals surface area (Å²) in [7, 11) is 0. The molecule has 2 heterocycles. The van der Waals surface area contributed by atoms with E-state index in [-0.39, 0.29) is 0 Å². The van der Waals surface area contributed by atoms with Crippen molar-refractivity contribution in [3.8, 4) is 0 Å². The largest absolute Gasteiger partial charge is 0.346 e. The molecule has 0 fully saturated rings. The Morgan fingerprint density at radius 1 is 1.10 bits per heavy atom. The van der Waals surface area contributed by atoms with Crippen LogP contribution in [-0.2, 0) is 0 Å². The predicted molar refractivity (Wildman–Crippen MR) is 98.3 cm³/mol. The van der Waals surface area contributed by atoms with Gasteiger partial charge in [-0.1, -0.05) is 31.5 Å². The molecule has 0 aliphatic heterocycles. The smallest absolute Gasteiger partial charge is 0.137 e. The molecule has 2 nitrogen and oxygen atoms in total. The molecule has 112 valence electrons. The van der Waals surface area contributed by atoms with Gasteiger partial charge in [0.25, 0.3) is 0 Å². The average Bonchev–Trinajstić information content (AvgIpc) is 2.86. The number of benzene rings is 1. The normalized spacial score (nSPS) is 9.43. The van der Waals surface area contributed by atoms with E-state index < -0.39 is 0 Å². The number of pyridine rings is 1. The maximum absolute atomic E-state index is 4.20. The molecule has 3 rings (SSSR count). The van der Waals surface area contributed by atoms with Crippen LogP contribution in [-0.4, -0.2) is 9.97 Å². The minimum absolute atomic E-state index is 0.950. The Balaban J connectivity index is 0.000000196. The van der Waals surface area contributed by atoms with E-state index in [9.17, 15) is 0 Å². The number of aryl methyl sites for hydroxylation is 2. The van der Waals surface area contributed by atoms with Gasteiger partial charge >= 0.3 is 0 Å². The Labute approximate surface area is 140 Å². The molecular formula is C17H21BrN2S. The van der Waals surface area contributed by atoms with Crippen LogP contribution in [0.5, 0.6) is 0 Å². The number of hydrogen-bond acceptors (Lipinski definition) is 2. The second kappa shape index (κ2) is 8.90. The van der Waals surface area contributed by atoms with Crippen LogP contribution in [0.25, 0.3) is 11.0 Å². The first-order valence-corrected chi connectivity index (χ1v) is 8.15. The van der Waals surface area contributed by atoms with Gasteiger partial charge in [0.15, 0.2) is 0 Å². The summed E-state index contributed by atoms with van der Waals surface area (Å²) >= 11 is 7.51. The lowest BCUT2D eigenvalue weighted by Gasteiger charge is -1.90. The highest BCUT2D eigenvalue weighted by Gasteiger charge is 1.99. The molecule has 3 aromatic rings. The number of nitrogens with zero attached hydrogens (tertiary/aromatic N) is 1. The van der Waals surface area contributed by atoms with Gasteiger partial charge in [-0.2, -0.15) is 0 Å². The van der Waals surface area contributed by atoms with Crippen molar-refractivity contribution in [3.63, 3.8) is 0 Å². The Morgan fingerprint density at radius 2 is 1.71 bits per heavy atom. The first kappa shape index (κ1) is 17.8. The molecule has 0 radical (unpaired) electrons. The standard InChI is InChI=1S/C8H7BrN2.C7H8S.C2H6/c1-5-3-10-8-7(5)2-6(9)4-11-8;1-6-2-4-7(8)5-3-6;1-2/h2-4H,1H3,(H,10,11);2-5,8H,1H3;1-2H3. The van der Waals surface area contributed by atoms with Gasteiger partial charge in [-0.3, -0.25) is 0 Å². The first-order chi connectivity index (χ1) is 10.1. The molecule has 0 amide bonds. The number of aromatic nitrogens is 2. The van der Waals surface area contributed by atoms with Crippen LogP contribution >= 0.6 is 28.6 Å². The van der Waals surface area contributed by atoms with Gasteiger partial charge in [-0.25, -0.2) is 4.98 Å². The van der Waals surface area contributed by atoms with Crippen LogP contribution < -0.4 is 0 Å². The zero-order valence-corrected chi connectivity index (χ0v) is 15.3. The molecule has 0 bridgehead atoms. The van der Waals surface area contributed by atoms with Crippen LogP contribution in [0.15, 0.2) is 52.1 Å². The van der Waals surface area contributed by atoms with E-state index in [2.05, 4.69) is 58.4 Å². The Morgan fingerprint density at radius 3 is 2.29 bits per heavy atom. The van der Waals surface area contributed by atoms with Crippen molar-refractivity contribution in [3.05, 3.63) is 58.3 Å². The molecule has 0 aliphatic carbocycles. The molecule has 1 N–H and O–H groups in total. The van der Waals surface area contributed by atoms with E-state index in [1.54, 1.807) is 6.20 Å². The summed E-state index contributed by atoms with van der Waals surface area (Å²) in [6.45, 7) is 8.13. The van der Waals surface area contributed by atoms with Crippen molar-refractivity contribution in [2.75, 3.05) is 0 Å². The molecule has 0 spiro atoms. The van der Waals surface area contributed by atoms with Gasteiger partial charge in [0.05, 0.1) is 0 Å². The summed E-state index contributed by atoms with van der Waals surface area (Å²) in [6, 6.07) is 10.1. The summed E-state index contributed by atoms with van der Waals surface area (Å²) in [5.74, 6) is 0. The minimum Gasteiger partial charge on any atom is -0.346 e. The molecular weight excluding hydrogens is 344 g/mol. The summed E-state index contributed by atoms with van der Waals surface area (Å²) in [4.78, 5) is 8.31. The maximum Gasteiger partial charge on any atom is 0.137 e. The average molecular weight is 365 g/mol. The third-order valence-corrected chi connectivity index (χ3v) is 3.47. The number of nitrogens with one attached hydrogen (secondary N) is 1. The molecule has 0 atom stereocenters. The zero-order valence-electron chi connectivity index (χ0n) is 12.8. The molecule has 0 saturated carbocycles. The lowest BCUT2D eigenvalue weighted by Crippen LogP contribution is -1.75. The van der Waals surface area contributed by atoms with Crippen LogP contribution in [0.3, 0.4) is 0 Å². The van der Waals surface area contributed by atoms with E-state index in [1.165, 1.54) is 16.5 Å². The Kier molecular flexibility index (Phi) is 7.54. The SMILES string of the molecule is CC.Cc1c[nH]c2ncc(Br)cc12.Cc1ccc(S)cc1. The van der Waals surface area contributed by atoms with Crippen molar-refractivity contribution in [1.82, 2.24) is 9.97 Å². The molecule has 0 unspecified atom stereocenters. The lowest BCUT2D eigenvalue weighted by atomic mass is 10.2. The van der Waals surface area contributed by atoms with Crippen molar-refractivity contribution in [1.29, 1.82) is 0 Å². The topological polar surface area (TPSA) is 28.7 Å². The van der Waals surface area contributed by atoms with E-state index in [4.69, 9.17) is 0 Å². The third-order valence-electron chi connectivity index (χ3n) is 2.74. The van der Waals surface area contributed by atoms with Gasteiger partial charge in [0, 0.05) is 27.1 Å². The second-order valence-corrected chi connectivity index (χ2v) is 5.79. The number of thiol groups is 1. The highest BCUT2D eigenvalue weighted by atomic mass is 79.9. The van der Waals surface area contributed by atoms with Gasteiger partial charge in [-0.05, 0) is 53.5 Å². The summed E-state index contributed by atoms with van der Waals surface area (Å²) in [5, 5.41) is 1.18. The van der Waals surface area contributed by atoms with Crippen LogP contribution in [0, 0.1) is 13.8 Å². The van der Waals surface area contributed by atoms with Gasteiger partial charge < -0.3 is 4.98 Å². The maximum atomic E-state index is 4.20. The number of halogens is 1. The quantitative estimate of drug-likeness (QED) is 0.474. The molecule has 0 aliphatic rings. The Bertz CT molecular complexity index is 654. The first-order valence-electron chi connectivity index (χ1n) is 6.91. The molecule has 1 aromatic carbocycles. The fourth-order valence-corrected chi connectivity index (χ4v) is 2.13. The monoisotopic (exact) mass is 364 g/mol. The fourth-order valence-electron chi connectivity index (χ4n) is 1.65. The highest BCUT2D eigenvalue weighted by Crippen LogP contribution is 2.19. The summed E-state index contributed by atoms with van der Waals surface area (Å²) in [5.41, 5.74) is 3.46. The fraction of sp³-hybridized carbons (Fsp3) is 0.235. The number of H-pyrrole nitrogens is 1. The minimum atomic E-state index is 0.950. The molecule has 4 heteroatoms. The number of aromatic amines is 1. The van der Waals surface area contributed by atoms with Crippen LogP contribution in [0.1, 0.15) is 25.0 Å². The van der Waals surface area contributed by atoms with Crippen LogP contribution in [0.2, 0.25) is 0 Å². The number of fused-ring (bicyclic) bond motifs is 1. The zero-order chi connectivity index (χ0) is 15.8. The van der Waals surface area contributed by atoms with Crippen LogP contribution in [0.4, 0.5) is 0 Å². The van der Waals surface area contributed by atoms with E-state index in [0.717, 1.165) is 15.0 Å². The van der Waals surface area contributed by atoms with E-state index in [1.807, 2.05) is 44.3 Å². The number of rotatable bonds is 0. The van der Waals surface area contributed by atoms with E-state index >= 15 is 0 Å². The summed E-state index contributed by atoms with van der Waals surface area (Å²) < 4.78 is 1.02. The lowest BCUT2D eigenvalue weighted by molar-refractivity contribution is 1.31. The Hall–Kier alpha value is -1.26. The van der Waals surface area contributed by atoms with Gasteiger partial charge in [-0.15, -0.1) is 12.6 Å². The van der Waals surface area contributed by atoms with E-state index in [0.29, 0.717) is 0 Å².